The molecule has 4 saturated heterocycles. The lowest BCUT2D eigenvalue weighted by Crippen LogP contribution is -2.72. The van der Waals surface area contributed by atoms with Crippen LogP contribution in [-0.4, -0.2) is 73.4 Å². The predicted molar refractivity (Wildman–Crippen MR) is 85.5 cm³/mol. The minimum atomic E-state index is -4.35. The highest BCUT2D eigenvalue weighted by Gasteiger charge is 2.50. The number of piperidine rings is 1. The summed E-state index contributed by atoms with van der Waals surface area (Å²) in [5.41, 5.74) is 6.47. The Balaban J connectivity index is 1.31. The van der Waals surface area contributed by atoms with Crippen molar-refractivity contribution in [3.05, 3.63) is 0 Å². The van der Waals surface area contributed by atoms with E-state index in [9.17, 15) is 18.0 Å². The van der Waals surface area contributed by atoms with Gasteiger partial charge in [0, 0.05) is 25.8 Å². The zero-order chi connectivity index (χ0) is 18.3. The number of hydrogen-bond donors (Lipinski definition) is 5. The number of hydrazine groups is 1. The third kappa shape index (κ3) is 3.69. The smallest absolute Gasteiger partial charge is 0.403 e. The van der Waals surface area contributed by atoms with Crippen LogP contribution in [0.3, 0.4) is 0 Å². The molecule has 4 fully saturated rings. The van der Waals surface area contributed by atoms with Crippen molar-refractivity contribution in [1.29, 1.82) is 0 Å². The topological polar surface area (TPSA) is 89.7 Å². The number of cyclic esters (lactones) is 1. The number of esters is 1. The van der Waals surface area contributed by atoms with Crippen LogP contribution in [0.25, 0.3) is 0 Å². The normalized spacial score (nSPS) is 42.3. The summed E-state index contributed by atoms with van der Waals surface area (Å²) in [5.74, 6) is -0.611. The fraction of sp³-hybridized carbons (Fsp3) is 0.933. The van der Waals surface area contributed by atoms with Gasteiger partial charge in [0.25, 0.3) is 0 Å². The first-order valence-electron chi connectivity index (χ1n) is 9.17. The number of fused-ring (bicyclic) bond motifs is 1. The van der Waals surface area contributed by atoms with Crippen LogP contribution in [0.2, 0.25) is 0 Å². The Kier molecular flexibility index (Phi) is 5.10. The van der Waals surface area contributed by atoms with Crippen molar-refractivity contribution < 1.29 is 22.7 Å². The second-order valence-corrected chi connectivity index (χ2v) is 7.41. The van der Waals surface area contributed by atoms with Crippen molar-refractivity contribution in [1.82, 2.24) is 31.7 Å². The lowest BCUT2D eigenvalue weighted by Gasteiger charge is -2.46. The quantitative estimate of drug-likeness (QED) is 0.390. The maximum absolute atomic E-state index is 12.9. The summed E-state index contributed by atoms with van der Waals surface area (Å²) in [7, 11) is 0. The number of nitrogens with zero attached hydrogens (tertiary/aromatic N) is 1. The van der Waals surface area contributed by atoms with Crippen LogP contribution in [0, 0.1) is 0 Å². The van der Waals surface area contributed by atoms with Gasteiger partial charge in [-0.15, -0.1) is 0 Å². The monoisotopic (exact) mass is 378 g/mol. The average Bonchev–Trinajstić information content (AvgIpc) is 3.15. The third-order valence-corrected chi connectivity index (χ3v) is 5.70. The predicted octanol–water partition coefficient (Wildman–Crippen LogP) is -1.04. The van der Waals surface area contributed by atoms with E-state index < -0.39 is 30.5 Å². The zero-order valence-electron chi connectivity index (χ0n) is 14.3. The largest absolute Gasteiger partial charge is 0.444 e. The molecule has 0 spiro atoms. The molecule has 0 saturated carbocycles. The molecule has 8 nitrogen and oxygen atoms in total. The maximum atomic E-state index is 12.9. The van der Waals surface area contributed by atoms with E-state index in [4.69, 9.17) is 4.74 Å². The molecule has 6 unspecified atom stereocenters. The number of carbonyl (C=O) groups excluding carboxylic acids is 1. The lowest BCUT2D eigenvalue weighted by atomic mass is 9.91. The lowest BCUT2D eigenvalue weighted by molar-refractivity contribution is -0.183. The highest BCUT2D eigenvalue weighted by molar-refractivity contribution is 5.78. The van der Waals surface area contributed by atoms with Gasteiger partial charge < -0.3 is 10.1 Å². The number of halogens is 3. The van der Waals surface area contributed by atoms with Crippen LogP contribution in [-0.2, 0) is 9.53 Å². The van der Waals surface area contributed by atoms with E-state index in [1.807, 2.05) is 0 Å². The van der Waals surface area contributed by atoms with Gasteiger partial charge in [0.2, 0.25) is 0 Å². The Morgan fingerprint density at radius 1 is 1.04 bits per heavy atom. The van der Waals surface area contributed by atoms with Crippen molar-refractivity contribution in [3.8, 4) is 0 Å². The van der Waals surface area contributed by atoms with Crippen LogP contribution < -0.4 is 26.8 Å². The molecule has 6 atom stereocenters. The van der Waals surface area contributed by atoms with Crippen molar-refractivity contribution >= 4 is 5.97 Å². The molecule has 0 amide bonds. The van der Waals surface area contributed by atoms with E-state index in [1.165, 1.54) is 0 Å². The molecule has 0 aromatic heterocycles. The molecule has 0 radical (unpaired) electrons. The summed E-state index contributed by atoms with van der Waals surface area (Å²) < 4.78 is 44.1. The Bertz CT molecular complexity index is 522. The number of hydrogen-bond acceptors (Lipinski definition) is 8. The summed E-state index contributed by atoms with van der Waals surface area (Å²) in [6.07, 6.45) is -2.73. The number of alkyl halides is 3. The number of rotatable bonds is 2. The minimum Gasteiger partial charge on any atom is -0.444 e. The molecule has 4 aliphatic heterocycles. The standard InChI is InChI=1S/C15H25F3N6O2/c16-15(17,18)10-3-1-8-12(21-10)14(25)26-13(20-8)9-2-4-11(23-22-9)24-6-5-19-7-24/h8-13,19-23H,1-7H2. The first kappa shape index (κ1) is 18.4. The maximum Gasteiger partial charge on any atom is 0.403 e. The summed E-state index contributed by atoms with van der Waals surface area (Å²) in [5, 5.41) is 8.90. The van der Waals surface area contributed by atoms with Crippen molar-refractivity contribution in [2.24, 2.45) is 0 Å². The molecular weight excluding hydrogens is 353 g/mol. The van der Waals surface area contributed by atoms with Crippen molar-refractivity contribution in [2.75, 3.05) is 19.8 Å². The Morgan fingerprint density at radius 2 is 1.85 bits per heavy atom. The summed E-state index contributed by atoms with van der Waals surface area (Å²) in [4.78, 5) is 14.6. The van der Waals surface area contributed by atoms with Gasteiger partial charge in [-0.1, -0.05) is 0 Å². The molecule has 0 aliphatic carbocycles. The SMILES string of the molecule is O=C1OC(C2CCC(N3CCNC3)NN2)NC2CCC(C(F)(F)F)NC12. The highest BCUT2D eigenvalue weighted by atomic mass is 19.4. The van der Waals surface area contributed by atoms with Gasteiger partial charge in [-0.25, -0.2) is 10.9 Å². The molecule has 4 rings (SSSR count). The molecule has 4 aliphatic rings. The average molecular weight is 378 g/mol. The van der Waals surface area contributed by atoms with Gasteiger partial charge >= 0.3 is 12.1 Å². The molecular formula is C15H25F3N6O2. The molecule has 26 heavy (non-hydrogen) atoms. The van der Waals surface area contributed by atoms with Crippen LogP contribution >= 0.6 is 0 Å². The van der Waals surface area contributed by atoms with E-state index in [0.717, 1.165) is 32.6 Å². The number of ether oxygens (including phenoxy) is 1. The summed E-state index contributed by atoms with van der Waals surface area (Å²) in [6, 6.07) is -3.07. The Hall–Kier alpha value is -0.980. The molecule has 11 heteroatoms. The van der Waals surface area contributed by atoms with E-state index in [1.54, 1.807) is 0 Å². The second-order valence-electron chi connectivity index (χ2n) is 7.41. The Morgan fingerprint density at radius 3 is 2.50 bits per heavy atom. The number of carbonyl (C=O) groups is 1. The first-order valence-corrected chi connectivity index (χ1v) is 9.17. The van der Waals surface area contributed by atoms with Crippen LogP contribution in [0.15, 0.2) is 0 Å². The fourth-order valence-electron chi connectivity index (χ4n) is 4.22. The van der Waals surface area contributed by atoms with Crippen LogP contribution in [0.4, 0.5) is 13.2 Å². The third-order valence-electron chi connectivity index (χ3n) is 5.70. The van der Waals surface area contributed by atoms with Gasteiger partial charge in [-0.2, -0.15) is 13.2 Å². The number of nitrogens with one attached hydrogen (secondary N) is 5. The van der Waals surface area contributed by atoms with Gasteiger partial charge in [-0.05, 0) is 25.7 Å². The molecule has 4 heterocycles. The van der Waals surface area contributed by atoms with Crippen molar-refractivity contribution in [3.63, 3.8) is 0 Å². The first-order chi connectivity index (χ1) is 12.4. The molecule has 0 bridgehead atoms. The molecule has 5 N–H and O–H groups in total. The van der Waals surface area contributed by atoms with Crippen molar-refractivity contribution in [2.45, 2.75) is 68.4 Å². The van der Waals surface area contributed by atoms with Gasteiger partial charge in [0.05, 0.1) is 12.2 Å². The van der Waals surface area contributed by atoms with E-state index >= 15 is 0 Å². The van der Waals surface area contributed by atoms with E-state index in [0.29, 0.717) is 0 Å². The Labute approximate surface area is 149 Å². The zero-order valence-corrected chi connectivity index (χ0v) is 14.3. The van der Waals surface area contributed by atoms with Crippen LogP contribution in [0.1, 0.15) is 25.7 Å². The van der Waals surface area contributed by atoms with E-state index in [-0.39, 0.29) is 31.1 Å². The van der Waals surface area contributed by atoms with Gasteiger partial charge in [-0.3, -0.25) is 20.3 Å². The van der Waals surface area contributed by atoms with E-state index in [2.05, 4.69) is 31.7 Å². The molecule has 148 valence electrons. The summed E-state index contributed by atoms with van der Waals surface area (Å²) >= 11 is 0. The second kappa shape index (κ2) is 7.21. The molecule has 0 aromatic carbocycles. The minimum absolute atomic E-state index is 0.0436. The fourth-order valence-corrected chi connectivity index (χ4v) is 4.22. The highest BCUT2D eigenvalue weighted by Crippen LogP contribution is 2.30. The van der Waals surface area contributed by atoms with Gasteiger partial charge in [0.15, 0.2) is 6.23 Å². The van der Waals surface area contributed by atoms with Crippen LogP contribution in [0.5, 0.6) is 0 Å². The molecule has 0 aromatic rings. The summed E-state index contributed by atoms with van der Waals surface area (Å²) in [6.45, 7) is 2.80. The van der Waals surface area contributed by atoms with Gasteiger partial charge in [0.1, 0.15) is 12.1 Å².